The summed E-state index contributed by atoms with van der Waals surface area (Å²) < 4.78 is 23.8. The van der Waals surface area contributed by atoms with E-state index in [4.69, 9.17) is 18.9 Å². The minimum Gasteiger partial charge on any atom is -0.492 e. The molecule has 0 saturated carbocycles. The van der Waals surface area contributed by atoms with Gasteiger partial charge in [-0.2, -0.15) is 0 Å². The number of nitrogens with one attached hydrogen (secondary N) is 2. The Morgan fingerprint density at radius 3 is 1.45 bits per heavy atom. The Hall–Kier alpha value is -3.32. The predicted octanol–water partition coefficient (Wildman–Crippen LogP) is 5.20. The molecule has 2 atom stereocenters. The van der Waals surface area contributed by atoms with Crippen LogP contribution in [0.2, 0.25) is 0 Å². The van der Waals surface area contributed by atoms with Gasteiger partial charge in [0.05, 0.1) is 12.7 Å². The maximum Gasteiger partial charge on any atom is 0.119 e. The SMILES string of the molecule is C1=CC2CCC1Cc1ccc(cc1)OCCNCCOc1ccc(cc1)Cc1ccc(cc1)OCCNCCO2. The lowest BCUT2D eigenvalue weighted by Crippen LogP contribution is -2.27. The Kier molecular flexibility index (Phi) is 10.9. The Bertz CT molecular complexity index is 1160. The lowest BCUT2D eigenvalue weighted by molar-refractivity contribution is 0.0730. The van der Waals surface area contributed by atoms with Crippen molar-refractivity contribution in [3.63, 3.8) is 0 Å². The molecule has 2 unspecified atom stereocenters. The number of allylic oxidation sites excluding steroid dienone is 1. The van der Waals surface area contributed by atoms with E-state index < -0.39 is 0 Å². The van der Waals surface area contributed by atoms with E-state index in [2.05, 4.69) is 71.3 Å². The summed E-state index contributed by atoms with van der Waals surface area (Å²) in [4.78, 5) is 0. The Labute approximate surface area is 238 Å². The molecule has 10 heterocycles. The summed E-state index contributed by atoms with van der Waals surface area (Å²) in [6, 6.07) is 25.2. The summed E-state index contributed by atoms with van der Waals surface area (Å²) in [6.45, 7) is 5.76. The summed E-state index contributed by atoms with van der Waals surface area (Å²) in [5, 5.41) is 6.80. The number of rotatable bonds is 0. The first-order chi connectivity index (χ1) is 19.8. The minimum absolute atomic E-state index is 0.218. The van der Waals surface area contributed by atoms with Crippen molar-refractivity contribution in [2.45, 2.75) is 31.8 Å². The van der Waals surface area contributed by atoms with Crippen molar-refractivity contribution in [1.29, 1.82) is 0 Å². The second-order valence-electron chi connectivity index (χ2n) is 10.5. The zero-order valence-corrected chi connectivity index (χ0v) is 23.4. The van der Waals surface area contributed by atoms with E-state index in [-0.39, 0.29) is 6.10 Å². The molecule has 0 aromatic heterocycles. The molecule has 1 aliphatic carbocycles. The van der Waals surface area contributed by atoms with E-state index in [1.807, 2.05) is 24.3 Å². The van der Waals surface area contributed by atoms with Gasteiger partial charge in [0.1, 0.15) is 37.1 Å². The van der Waals surface area contributed by atoms with Crippen molar-refractivity contribution in [3.8, 4) is 17.2 Å². The fourth-order valence-corrected chi connectivity index (χ4v) is 5.08. The van der Waals surface area contributed by atoms with Gasteiger partial charge in [0, 0.05) is 26.2 Å². The number of hydrogen-bond donors (Lipinski definition) is 2. The maximum absolute atomic E-state index is 6.07. The van der Waals surface area contributed by atoms with Gasteiger partial charge in [0.25, 0.3) is 0 Å². The highest BCUT2D eigenvalue weighted by molar-refractivity contribution is 5.34. The van der Waals surface area contributed by atoms with E-state index in [1.165, 1.54) is 16.7 Å². The zero-order chi connectivity index (χ0) is 27.2. The van der Waals surface area contributed by atoms with Gasteiger partial charge in [0.15, 0.2) is 0 Å². The highest BCUT2D eigenvalue weighted by Crippen LogP contribution is 2.24. The summed E-state index contributed by atoms with van der Waals surface area (Å²) >= 11 is 0. The van der Waals surface area contributed by atoms with Crippen LogP contribution < -0.4 is 24.8 Å². The van der Waals surface area contributed by atoms with Crippen LogP contribution >= 0.6 is 0 Å². The maximum atomic E-state index is 6.07. The fourth-order valence-electron chi connectivity index (χ4n) is 5.08. The van der Waals surface area contributed by atoms with Crippen molar-refractivity contribution >= 4 is 0 Å². The standard InChI is InChI=1S/C34H42N2O4/c1-9-31-10-2-27(1)25-28-3-11-32(12-4-28)38-23-19-36-20-24-40-34-15-7-30(8-16-34)26-29-5-13-33(14-6-29)39-22-18-35-17-21-37-31/h1-7,9-15,30,34-36H,8,16-26H2. The van der Waals surface area contributed by atoms with Crippen LogP contribution in [0.3, 0.4) is 0 Å². The molecule has 8 bridgehead atoms. The molecule has 6 nitrogen and oxygen atoms in total. The van der Waals surface area contributed by atoms with E-state index >= 15 is 0 Å². The molecule has 0 fully saturated rings. The number of hydrogen-bond acceptors (Lipinski definition) is 6. The third kappa shape index (κ3) is 9.40. The highest BCUT2D eigenvalue weighted by Gasteiger charge is 2.16. The molecule has 3 aromatic rings. The third-order valence-electron chi connectivity index (χ3n) is 7.35. The normalized spacial score (nSPS) is 21.5. The van der Waals surface area contributed by atoms with Gasteiger partial charge in [-0.15, -0.1) is 0 Å². The van der Waals surface area contributed by atoms with Gasteiger partial charge in [-0.25, -0.2) is 0 Å². The topological polar surface area (TPSA) is 61.0 Å². The van der Waals surface area contributed by atoms with Crippen LogP contribution in [0.4, 0.5) is 0 Å². The Balaban J connectivity index is 1.13. The smallest absolute Gasteiger partial charge is 0.119 e. The second kappa shape index (κ2) is 15.5. The van der Waals surface area contributed by atoms with Crippen LogP contribution in [-0.4, -0.2) is 58.7 Å². The molecule has 0 spiro atoms. The van der Waals surface area contributed by atoms with Crippen LogP contribution in [0.15, 0.2) is 84.9 Å². The van der Waals surface area contributed by atoms with Crippen molar-refractivity contribution in [2.75, 3.05) is 52.6 Å². The molecule has 0 saturated heterocycles. The van der Waals surface area contributed by atoms with Crippen molar-refractivity contribution in [3.05, 3.63) is 102 Å². The molecule has 0 amide bonds. The molecule has 14 rings (SSSR count). The molecule has 11 aliphatic rings. The van der Waals surface area contributed by atoms with Gasteiger partial charge in [-0.1, -0.05) is 48.6 Å². The molecular weight excluding hydrogens is 500 g/mol. The summed E-state index contributed by atoms with van der Waals surface area (Å²) in [5.41, 5.74) is 3.86. The molecule has 0 radical (unpaired) electrons. The van der Waals surface area contributed by atoms with Crippen LogP contribution in [0.5, 0.6) is 17.2 Å². The van der Waals surface area contributed by atoms with E-state index in [9.17, 15) is 0 Å². The zero-order valence-electron chi connectivity index (χ0n) is 23.4. The van der Waals surface area contributed by atoms with Crippen LogP contribution in [0.25, 0.3) is 0 Å². The van der Waals surface area contributed by atoms with Crippen molar-refractivity contribution in [2.24, 2.45) is 5.92 Å². The molecular formula is C34H42N2O4. The van der Waals surface area contributed by atoms with Gasteiger partial charge in [0.2, 0.25) is 0 Å². The van der Waals surface area contributed by atoms with E-state index in [0.717, 1.165) is 69.1 Å². The van der Waals surface area contributed by atoms with Gasteiger partial charge >= 0.3 is 0 Å². The van der Waals surface area contributed by atoms with Crippen molar-refractivity contribution in [1.82, 2.24) is 10.6 Å². The predicted molar refractivity (Wildman–Crippen MR) is 160 cm³/mol. The first-order valence-electron chi connectivity index (χ1n) is 14.7. The minimum atomic E-state index is 0.218. The van der Waals surface area contributed by atoms with Gasteiger partial charge < -0.3 is 29.6 Å². The number of benzene rings is 3. The van der Waals surface area contributed by atoms with Gasteiger partial charge in [-0.05, 0) is 84.7 Å². The summed E-state index contributed by atoms with van der Waals surface area (Å²) in [5.74, 6) is 3.26. The van der Waals surface area contributed by atoms with E-state index in [0.29, 0.717) is 32.3 Å². The quantitative estimate of drug-likeness (QED) is 0.381. The van der Waals surface area contributed by atoms with E-state index in [1.54, 1.807) is 0 Å². The average Bonchev–Trinajstić information content (AvgIpc) is 2.99. The lowest BCUT2D eigenvalue weighted by Gasteiger charge is -2.23. The molecule has 212 valence electrons. The fraction of sp³-hybridized carbons (Fsp3) is 0.412. The Morgan fingerprint density at radius 2 is 0.975 bits per heavy atom. The van der Waals surface area contributed by atoms with Crippen molar-refractivity contribution < 1.29 is 18.9 Å². The third-order valence-corrected chi connectivity index (χ3v) is 7.35. The monoisotopic (exact) mass is 542 g/mol. The number of ether oxygens (including phenoxy) is 4. The molecule has 3 aromatic carbocycles. The van der Waals surface area contributed by atoms with Gasteiger partial charge in [-0.3, -0.25) is 0 Å². The molecule has 10 aliphatic heterocycles. The highest BCUT2D eigenvalue weighted by atomic mass is 16.5. The summed E-state index contributed by atoms with van der Waals surface area (Å²) in [6.07, 6.45) is 8.95. The summed E-state index contributed by atoms with van der Waals surface area (Å²) in [7, 11) is 0. The van der Waals surface area contributed by atoms with Crippen LogP contribution in [0.1, 0.15) is 29.5 Å². The molecule has 6 heteroatoms. The Morgan fingerprint density at radius 1 is 0.500 bits per heavy atom. The van der Waals surface area contributed by atoms with Crippen LogP contribution in [0, 0.1) is 5.92 Å². The van der Waals surface area contributed by atoms with Crippen LogP contribution in [-0.2, 0) is 17.6 Å². The second-order valence-corrected chi connectivity index (χ2v) is 10.5. The average molecular weight is 543 g/mol. The molecule has 40 heavy (non-hydrogen) atoms. The first kappa shape index (κ1) is 28.2. The largest absolute Gasteiger partial charge is 0.492 e. The molecule has 2 N–H and O–H groups in total. The lowest BCUT2D eigenvalue weighted by atomic mass is 9.89. The first-order valence-corrected chi connectivity index (χ1v) is 14.7.